The minimum Gasteiger partial charge on any atom is -0.366 e. The first-order chi connectivity index (χ1) is 22.4. The SMILES string of the molecule is CCN1C(=O)[C@@H](NC(=O)c2cccc(C(F)(F)F)c2)[C@@H](c2ccc(F)cc2)c2c(CNC(=O)/C=C/C(N)=O)nn(-c3ccccc3)c21. The number of nitrogens with one attached hydrogen (secondary N) is 2. The van der Waals surface area contributed by atoms with Gasteiger partial charge in [-0.05, 0) is 55.0 Å². The number of likely N-dealkylation sites (N-methyl/N-ethyl adjacent to an activating group) is 1. The molecule has 47 heavy (non-hydrogen) atoms. The molecule has 3 aromatic carbocycles. The van der Waals surface area contributed by atoms with Crippen LogP contribution in [0.15, 0.2) is 91.0 Å². The van der Waals surface area contributed by atoms with Gasteiger partial charge in [-0.25, -0.2) is 9.07 Å². The molecular formula is C33H28F4N6O4. The van der Waals surface area contributed by atoms with Crippen molar-refractivity contribution in [3.05, 3.63) is 125 Å². The Morgan fingerprint density at radius 1 is 0.979 bits per heavy atom. The zero-order valence-electron chi connectivity index (χ0n) is 24.8. The van der Waals surface area contributed by atoms with Crippen LogP contribution in [0.5, 0.6) is 0 Å². The highest BCUT2D eigenvalue weighted by Crippen LogP contribution is 2.43. The van der Waals surface area contributed by atoms with Crippen molar-refractivity contribution in [2.75, 3.05) is 11.4 Å². The summed E-state index contributed by atoms with van der Waals surface area (Å²) in [6.07, 6.45) is -2.88. The third-order valence-corrected chi connectivity index (χ3v) is 7.52. The molecule has 0 saturated carbocycles. The molecule has 0 unspecified atom stereocenters. The smallest absolute Gasteiger partial charge is 0.366 e. The molecule has 1 aliphatic rings. The molecule has 2 heterocycles. The number of anilines is 1. The Labute approximate surface area is 265 Å². The van der Waals surface area contributed by atoms with E-state index < -0.39 is 53.1 Å². The molecule has 242 valence electrons. The van der Waals surface area contributed by atoms with Crippen molar-refractivity contribution in [2.45, 2.75) is 31.6 Å². The van der Waals surface area contributed by atoms with E-state index in [1.165, 1.54) is 39.9 Å². The van der Waals surface area contributed by atoms with E-state index in [-0.39, 0.29) is 24.3 Å². The van der Waals surface area contributed by atoms with Crippen molar-refractivity contribution in [3.8, 4) is 5.69 Å². The summed E-state index contributed by atoms with van der Waals surface area (Å²) in [5.74, 6) is -4.31. The molecule has 0 fully saturated rings. The Morgan fingerprint density at radius 3 is 2.32 bits per heavy atom. The van der Waals surface area contributed by atoms with Crippen molar-refractivity contribution in [1.82, 2.24) is 20.4 Å². The largest absolute Gasteiger partial charge is 0.416 e. The minimum absolute atomic E-state index is 0.101. The van der Waals surface area contributed by atoms with Gasteiger partial charge in [0.05, 0.1) is 23.5 Å². The number of rotatable bonds is 9. The number of amides is 4. The Morgan fingerprint density at radius 2 is 1.68 bits per heavy atom. The van der Waals surface area contributed by atoms with Crippen molar-refractivity contribution < 1.29 is 36.7 Å². The van der Waals surface area contributed by atoms with Crippen LogP contribution in [0.3, 0.4) is 0 Å². The third-order valence-electron chi connectivity index (χ3n) is 7.52. The lowest BCUT2D eigenvalue weighted by molar-refractivity contribution is -0.137. The van der Waals surface area contributed by atoms with Gasteiger partial charge in [-0.3, -0.25) is 24.1 Å². The second-order valence-corrected chi connectivity index (χ2v) is 10.5. The molecule has 0 bridgehead atoms. The number of para-hydroxylation sites is 1. The molecule has 10 nitrogen and oxygen atoms in total. The normalized spacial score (nSPS) is 16.2. The lowest BCUT2D eigenvalue weighted by Crippen LogP contribution is -2.55. The highest BCUT2D eigenvalue weighted by molar-refractivity contribution is 6.05. The van der Waals surface area contributed by atoms with Gasteiger partial charge < -0.3 is 16.4 Å². The first kappa shape index (κ1) is 32.6. The van der Waals surface area contributed by atoms with Crippen LogP contribution >= 0.6 is 0 Å². The summed E-state index contributed by atoms with van der Waals surface area (Å²) in [4.78, 5) is 52.8. The molecule has 0 aliphatic carbocycles. The number of benzene rings is 3. The van der Waals surface area contributed by atoms with Gasteiger partial charge in [0.25, 0.3) is 11.8 Å². The fourth-order valence-corrected chi connectivity index (χ4v) is 5.43. The number of halogens is 4. The molecule has 14 heteroatoms. The van der Waals surface area contributed by atoms with E-state index in [2.05, 4.69) is 10.6 Å². The molecule has 0 radical (unpaired) electrons. The van der Waals surface area contributed by atoms with Crippen LogP contribution in [-0.2, 0) is 27.1 Å². The lowest BCUT2D eigenvalue weighted by atomic mass is 9.80. The number of nitrogens with zero attached hydrogens (tertiary/aromatic N) is 3. The second-order valence-electron chi connectivity index (χ2n) is 10.5. The molecule has 2 atom stereocenters. The van der Waals surface area contributed by atoms with Gasteiger partial charge in [0.2, 0.25) is 11.8 Å². The molecule has 4 aromatic rings. The topological polar surface area (TPSA) is 139 Å². The van der Waals surface area contributed by atoms with Gasteiger partial charge in [-0.15, -0.1) is 0 Å². The average Bonchev–Trinajstić information content (AvgIpc) is 3.42. The summed E-state index contributed by atoms with van der Waals surface area (Å²) < 4.78 is 56.0. The van der Waals surface area contributed by atoms with Crippen LogP contribution in [-0.4, -0.2) is 46.0 Å². The molecule has 5 rings (SSSR count). The van der Waals surface area contributed by atoms with Gasteiger partial charge in [-0.2, -0.15) is 18.3 Å². The number of hydrogen-bond acceptors (Lipinski definition) is 5. The summed E-state index contributed by atoms with van der Waals surface area (Å²) in [7, 11) is 0. The van der Waals surface area contributed by atoms with Crippen LogP contribution in [0.2, 0.25) is 0 Å². The number of carbonyl (C=O) groups is 4. The number of nitrogens with two attached hydrogens (primary N) is 1. The summed E-state index contributed by atoms with van der Waals surface area (Å²) in [6, 6.07) is 16.4. The molecule has 1 aromatic heterocycles. The summed E-state index contributed by atoms with van der Waals surface area (Å²) in [6.45, 7) is 1.59. The van der Waals surface area contributed by atoms with E-state index in [4.69, 9.17) is 10.8 Å². The maximum Gasteiger partial charge on any atom is 0.416 e. The van der Waals surface area contributed by atoms with Gasteiger partial charge in [-0.1, -0.05) is 36.4 Å². The first-order valence-electron chi connectivity index (χ1n) is 14.4. The zero-order chi connectivity index (χ0) is 33.9. The number of carbonyl (C=O) groups excluding carboxylic acids is 4. The third kappa shape index (κ3) is 6.90. The van der Waals surface area contributed by atoms with Gasteiger partial charge >= 0.3 is 6.18 Å². The number of aromatic nitrogens is 2. The van der Waals surface area contributed by atoms with E-state index in [0.717, 1.165) is 24.3 Å². The van der Waals surface area contributed by atoms with Crippen molar-refractivity contribution in [1.29, 1.82) is 0 Å². The fourth-order valence-electron chi connectivity index (χ4n) is 5.43. The second kappa shape index (κ2) is 13.3. The first-order valence-corrected chi connectivity index (χ1v) is 14.4. The van der Waals surface area contributed by atoms with Crippen molar-refractivity contribution in [3.63, 3.8) is 0 Å². The van der Waals surface area contributed by atoms with Crippen LogP contribution < -0.4 is 21.3 Å². The van der Waals surface area contributed by atoms with Gasteiger partial charge in [0, 0.05) is 35.7 Å². The van der Waals surface area contributed by atoms with E-state index >= 15 is 0 Å². The molecule has 4 N–H and O–H groups in total. The lowest BCUT2D eigenvalue weighted by Gasteiger charge is -2.38. The van der Waals surface area contributed by atoms with Gasteiger partial charge in [0.15, 0.2) is 0 Å². The van der Waals surface area contributed by atoms with E-state index in [9.17, 15) is 36.7 Å². The zero-order valence-corrected chi connectivity index (χ0v) is 24.8. The van der Waals surface area contributed by atoms with E-state index in [1.54, 1.807) is 37.3 Å². The number of primary amides is 1. The predicted molar refractivity (Wildman–Crippen MR) is 163 cm³/mol. The maximum absolute atomic E-state index is 14.3. The average molecular weight is 649 g/mol. The highest BCUT2D eigenvalue weighted by Gasteiger charge is 2.46. The van der Waals surface area contributed by atoms with Crippen LogP contribution in [0.4, 0.5) is 23.4 Å². The van der Waals surface area contributed by atoms with Gasteiger partial charge in [0.1, 0.15) is 17.7 Å². The molecule has 0 spiro atoms. The Hall–Kier alpha value is -5.79. The van der Waals surface area contributed by atoms with Crippen molar-refractivity contribution in [2.24, 2.45) is 5.73 Å². The van der Waals surface area contributed by atoms with Crippen molar-refractivity contribution >= 4 is 29.4 Å². The van der Waals surface area contributed by atoms with Crippen LogP contribution in [0.1, 0.15) is 45.6 Å². The van der Waals surface area contributed by atoms with Crippen LogP contribution in [0.25, 0.3) is 5.69 Å². The van der Waals surface area contributed by atoms with E-state index in [0.29, 0.717) is 28.7 Å². The van der Waals surface area contributed by atoms with Crippen LogP contribution in [0, 0.1) is 5.82 Å². The summed E-state index contributed by atoms with van der Waals surface area (Å²) in [5.41, 5.74) is 5.34. The molecule has 0 saturated heterocycles. The Balaban J connectivity index is 1.68. The fraction of sp³-hybridized carbons (Fsp3) is 0.182. The molecule has 4 amide bonds. The quantitative estimate of drug-likeness (QED) is 0.186. The predicted octanol–water partition coefficient (Wildman–Crippen LogP) is 3.98. The summed E-state index contributed by atoms with van der Waals surface area (Å²) >= 11 is 0. The summed E-state index contributed by atoms with van der Waals surface area (Å²) in [5, 5.41) is 10.0. The number of fused-ring (bicyclic) bond motifs is 1. The Bertz CT molecular complexity index is 1860. The highest BCUT2D eigenvalue weighted by atomic mass is 19.4. The Kier molecular flexibility index (Phi) is 9.22. The standard InChI is InChI=1S/C33H28F4N6O4/c1-2-42-31-28(24(18-39-26(45)16-15-25(38)44)41-43(31)23-9-4-3-5-10-23)27(19-11-13-22(34)14-12-19)29(32(42)47)40-30(46)20-7-6-8-21(17-20)33(35,36)37/h3-17,27,29H,2,18H2,1H3,(H2,38,44)(H,39,45)(H,40,46)/b16-15+/t27-,29-/m0/s1. The minimum atomic E-state index is -4.71. The number of hydrogen-bond donors (Lipinski definition) is 3. The number of alkyl halides is 3. The molecule has 1 aliphatic heterocycles. The van der Waals surface area contributed by atoms with E-state index in [1.807, 2.05) is 0 Å². The maximum atomic E-state index is 14.3. The monoisotopic (exact) mass is 648 g/mol. The molecular weight excluding hydrogens is 620 g/mol.